The molecule has 0 heterocycles. The average molecular weight is 269 g/mol. The van der Waals surface area contributed by atoms with Crippen LogP contribution in [0.4, 0.5) is 0 Å². The first kappa shape index (κ1) is 13.8. The highest BCUT2D eigenvalue weighted by atomic mass is 16.5. The zero-order chi connectivity index (χ0) is 14.0. The summed E-state index contributed by atoms with van der Waals surface area (Å²) in [5.74, 6) is 0.0981. The summed E-state index contributed by atoms with van der Waals surface area (Å²) < 4.78 is 9.11. The molecule has 6 nitrogen and oxygen atoms in total. The third-order valence-corrected chi connectivity index (χ3v) is 4.00. The van der Waals surface area contributed by atoms with Crippen LogP contribution in [-0.2, 0) is 23.9 Å². The molecule has 2 saturated carbocycles. The highest BCUT2D eigenvalue weighted by Gasteiger charge is 2.49. The minimum atomic E-state index is -0.527. The zero-order valence-corrected chi connectivity index (χ0v) is 11.3. The molecule has 2 aliphatic rings. The van der Waals surface area contributed by atoms with Crippen LogP contribution >= 0.6 is 0 Å². The lowest BCUT2D eigenvalue weighted by Crippen LogP contribution is -2.43. The number of amides is 1. The molecule has 2 atom stereocenters. The molecule has 0 spiro atoms. The smallest absolute Gasteiger partial charge is 0.325 e. The van der Waals surface area contributed by atoms with E-state index in [4.69, 9.17) is 0 Å². The van der Waals surface area contributed by atoms with E-state index in [9.17, 15) is 14.4 Å². The fraction of sp³-hybridized carbons (Fsp3) is 0.769. The normalized spacial score (nSPS) is 27.4. The number of carbonyl (C=O) groups excluding carboxylic acids is 3. The first-order chi connectivity index (χ1) is 9.05. The number of ether oxygens (including phenoxy) is 2. The molecule has 2 unspecified atom stereocenters. The van der Waals surface area contributed by atoms with Gasteiger partial charge in [0, 0.05) is 5.92 Å². The van der Waals surface area contributed by atoms with Gasteiger partial charge in [-0.3, -0.25) is 14.4 Å². The Bertz CT molecular complexity index is 366. The van der Waals surface area contributed by atoms with Crippen LogP contribution in [0, 0.1) is 17.8 Å². The maximum absolute atomic E-state index is 12.3. The first-order valence-electron chi connectivity index (χ1n) is 6.47. The summed E-state index contributed by atoms with van der Waals surface area (Å²) in [7, 11) is 2.52. The van der Waals surface area contributed by atoms with Gasteiger partial charge in [-0.25, -0.2) is 0 Å². The van der Waals surface area contributed by atoms with E-state index in [1.54, 1.807) is 0 Å². The van der Waals surface area contributed by atoms with Crippen molar-refractivity contribution < 1.29 is 23.9 Å². The van der Waals surface area contributed by atoms with Crippen LogP contribution in [0.5, 0.6) is 0 Å². The Morgan fingerprint density at radius 3 is 1.84 bits per heavy atom. The molecule has 0 bridgehead atoms. The van der Waals surface area contributed by atoms with Gasteiger partial charge in [-0.2, -0.15) is 0 Å². The Labute approximate surface area is 112 Å². The monoisotopic (exact) mass is 269 g/mol. The number of hydrogen-bond donors (Lipinski definition) is 0. The summed E-state index contributed by atoms with van der Waals surface area (Å²) >= 11 is 0. The predicted octanol–water partition coefficient (Wildman–Crippen LogP) is 0.207. The van der Waals surface area contributed by atoms with E-state index < -0.39 is 11.9 Å². The molecule has 19 heavy (non-hydrogen) atoms. The van der Waals surface area contributed by atoms with Crippen LogP contribution in [0.1, 0.15) is 19.3 Å². The van der Waals surface area contributed by atoms with Crippen molar-refractivity contribution in [1.29, 1.82) is 0 Å². The summed E-state index contributed by atoms with van der Waals surface area (Å²) in [6, 6.07) is 0. The third-order valence-electron chi connectivity index (χ3n) is 4.00. The molecule has 0 aromatic rings. The van der Waals surface area contributed by atoms with Crippen molar-refractivity contribution in [2.75, 3.05) is 27.3 Å². The molecule has 0 aliphatic heterocycles. The van der Waals surface area contributed by atoms with Crippen LogP contribution in [0.3, 0.4) is 0 Å². The minimum absolute atomic E-state index is 0.0573. The van der Waals surface area contributed by atoms with Gasteiger partial charge >= 0.3 is 11.9 Å². The summed E-state index contributed by atoms with van der Waals surface area (Å²) in [6.07, 6.45) is 2.97. The topological polar surface area (TPSA) is 72.9 Å². The van der Waals surface area contributed by atoms with Gasteiger partial charge in [0.2, 0.25) is 5.91 Å². The second-order valence-corrected chi connectivity index (χ2v) is 5.27. The Morgan fingerprint density at radius 1 is 0.947 bits per heavy atom. The van der Waals surface area contributed by atoms with Crippen molar-refractivity contribution in [3.63, 3.8) is 0 Å². The highest BCUT2D eigenvalue weighted by Crippen LogP contribution is 2.54. The summed E-state index contributed by atoms with van der Waals surface area (Å²) in [6.45, 7) is -0.396. The molecule has 2 rings (SSSR count). The van der Waals surface area contributed by atoms with Gasteiger partial charge < -0.3 is 14.4 Å². The van der Waals surface area contributed by atoms with Crippen molar-refractivity contribution in [2.45, 2.75) is 19.3 Å². The molecule has 2 fully saturated rings. The van der Waals surface area contributed by atoms with E-state index in [1.807, 2.05) is 0 Å². The van der Waals surface area contributed by atoms with E-state index >= 15 is 0 Å². The van der Waals surface area contributed by atoms with Gasteiger partial charge in [-0.1, -0.05) is 0 Å². The summed E-state index contributed by atoms with van der Waals surface area (Å²) in [5.41, 5.74) is 0. The summed E-state index contributed by atoms with van der Waals surface area (Å²) in [4.78, 5) is 36.2. The fourth-order valence-electron chi connectivity index (χ4n) is 2.83. The maximum Gasteiger partial charge on any atom is 0.325 e. The lowest BCUT2D eigenvalue weighted by atomic mass is 10.0. The van der Waals surface area contributed by atoms with Crippen molar-refractivity contribution in [3.8, 4) is 0 Å². The van der Waals surface area contributed by atoms with Crippen LogP contribution in [-0.4, -0.2) is 50.1 Å². The molecular weight excluding hydrogens is 250 g/mol. The predicted molar refractivity (Wildman–Crippen MR) is 64.9 cm³/mol. The largest absolute Gasteiger partial charge is 0.468 e. The van der Waals surface area contributed by atoms with E-state index in [2.05, 4.69) is 9.47 Å². The van der Waals surface area contributed by atoms with Gasteiger partial charge in [0.1, 0.15) is 13.1 Å². The Morgan fingerprint density at radius 2 is 1.42 bits per heavy atom. The van der Waals surface area contributed by atoms with Crippen LogP contribution in [0.15, 0.2) is 0 Å². The highest BCUT2D eigenvalue weighted by molar-refractivity contribution is 5.87. The van der Waals surface area contributed by atoms with E-state index in [0.717, 1.165) is 12.8 Å². The second kappa shape index (κ2) is 5.59. The standard InChI is InChI=1S/C13H19NO5/c1-18-11(15)6-14(7-12(16)19-2)13(17)10-4-8-3-9(8)5-10/h8-10H,3-7H2,1-2H3. The van der Waals surface area contributed by atoms with E-state index in [-0.39, 0.29) is 24.9 Å². The van der Waals surface area contributed by atoms with Crippen molar-refractivity contribution in [3.05, 3.63) is 0 Å². The number of fused-ring (bicyclic) bond motifs is 1. The molecule has 0 saturated heterocycles. The van der Waals surface area contributed by atoms with Crippen molar-refractivity contribution in [1.82, 2.24) is 4.90 Å². The third kappa shape index (κ3) is 3.24. The second-order valence-electron chi connectivity index (χ2n) is 5.27. The minimum Gasteiger partial charge on any atom is -0.468 e. The number of esters is 2. The Balaban J connectivity index is 1.96. The Hall–Kier alpha value is -1.59. The number of rotatable bonds is 5. The molecule has 0 N–H and O–H groups in total. The molecule has 6 heteroatoms. The summed E-state index contributed by atoms with van der Waals surface area (Å²) in [5, 5.41) is 0. The van der Waals surface area contributed by atoms with Gasteiger partial charge in [0.05, 0.1) is 14.2 Å². The van der Waals surface area contributed by atoms with Crippen LogP contribution in [0.2, 0.25) is 0 Å². The quantitative estimate of drug-likeness (QED) is 0.667. The van der Waals surface area contributed by atoms with Gasteiger partial charge in [-0.05, 0) is 31.1 Å². The number of nitrogens with zero attached hydrogens (tertiary/aromatic N) is 1. The van der Waals surface area contributed by atoms with E-state index in [0.29, 0.717) is 11.8 Å². The molecular formula is C13H19NO5. The van der Waals surface area contributed by atoms with Crippen molar-refractivity contribution in [2.24, 2.45) is 17.8 Å². The average Bonchev–Trinajstić information content (AvgIpc) is 3.03. The maximum atomic E-state index is 12.3. The van der Waals surface area contributed by atoms with Gasteiger partial charge in [-0.15, -0.1) is 0 Å². The zero-order valence-electron chi connectivity index (χ0n) is 11.3. The Kier molecular flexibility index (Phi) is 4.07. The van der Waals surface area contributed by atoms with Crippen molar-refractivity contribution >= 4 is 17.8 Å². The number of methoxy groups -OCH3 is 2. The van der Waals surface area contributed by atoms with E-state index in [1.165, 1.54) is 25.5 Å². The number of hydrogen-bond acceptors (Lipinski definition) is 5. The molecule has 1 amide bonds. The lowest BCUT2D eigenvalue weighted by molar-refractivity contribution is -0.153. The van der Waals surface area contributed by atoms with Gasteiger partial charge in [0.25, 0.3) is 0 Å². The van der Waals surface area contributed by atoms with Gasteiger partial charge in [0.15, 0.2) is 0 Å². The fourth-order valence-corrected chi connectivity index (χ4v) is 2.83. The lowest BCUT2D eigenvalue weighted by Gasteiger charge is -2.24. The van der Waals surface area contributed by atoms with Crippen LogP contribution in [0.25, 0.3) is 0 Å². The number of carbonyl (C=O) groups is 3. The molecule has 0 aromatic carbocycles. The molecule has 106 valence electrons. The first-order valence-corrected chi connectivity index (χ1v) is 6.47. The molecule has 2 aliphatic carbocycles. The molecule has 0 aromatic heterocycles. The molecule has 0 radical (unpaired) electrons. The van der Waals surface area contributed by atoms with Crippen LogP contribution < -0.4 is 0 Å². The SMILES string of the molecule is COC(=O)CN(CC(=O)OC)C(=O)C1CC2CC2C1.